The molecule has 4 aromatic rings. The molecule has 0 amide bonds. The van der Waals surface area contributed by atoms with E-state index in [9.17, 15) is 14.2 Å². The Morgan fingerprint density at radius 2 is 1.84 bits per heavy atom. The van der Waals surface area contributed by atoms with Crippen LogP contribution in [0.25, 0.3) is 11.2 Å². The van der Waals surface area contributed by atoms with Gasteiger partial charge in [-0.15, -0.1) is 0 Å². The van der Waals surface area contributed by atoms with Gasteiger partial charge in [-0.3, -0.25) is 23.7 Å². The van der Waals surface area contributed by atoms with Crippen LogP contribution in [0.3, 0.4) is 0 Å². The minimum Gasteiger partial charge on any atom is -0.497 e. The number of Topliss-reactive ketones (excluding diaryl/α,β-unsaturated/α-hetero) is 1. The molecule has 0 bridgehead atoms. The van der Waals surface area contributed by atoms with Gasteiger partial charge in [-0.2, -0.15) is 4.98 Å². The van der Waals surface area contributed by atoms with Crippen molar-refractivity contribution in [2.75, 3.05) is 32.4 Å². The average molecular weight is 542 g/mol. The van der Waals surface area contributed by atoms with Gasteiger partial charge in [0.15, 0.2) is 16.9 Å². The van der Waals surface area contributed by atoms with E-state index in [1.165, 1.54) is 13.4 Å². The normalized spacial score (nSPS) is 12.9. The zero-order chi connectivity index (χ0) is 27.1. The number of aromatic amines is 1. The second kappa shape index (κ2) is 12.1. The second-order valence-electron chi connectivity index (χ2n) is 8.39. The molecule has 0 aliphatic carbocycles. The molecule has 13 heteroatoms. The molecular formula is C25H28N5O7P. The number of benzene rings is 2. The number of nitrogens with one attached hydrogen (secondary N) is 1. The van der Waals surface area contributed by atoms with Gasteiger partial charge in [-0.1, -0.05) is 29.8 Å². The number of nitrogen functional groups attached to an aromatic ring is 1. The molecule has 2 aromatic carbocycles. The van der Waals surface area contributed by atoms with Crippen LogP contribution in [0.4, 0.5) is 5.95 Å². The zero-order valence-corrected chi connectivity index (χ0v) is 21.9. The topological polar surface area (TPSA) is 161 Å². The summed E-state index contributed by atoms with van der Waals surface area (Å²) in [6.07, 6.45) is 1.05. The van der Waals surface area contributed by atoms with Gasteiger partial charge in [0.25, 0.3) is 5.56 Å². The number of fused-ring (bicyclic) bond motifs is 1. The van der Waals surface area contributed by atoms with Crippen molar-refractivity contribution in [1.82, 2.24) is 19.5 Å². The molecule has 12 nitrogen and oxygen atoms in total. The first kappa shape index (κ1) is 27.2. The standard InChI is InChI=1S/C25H28N5O7P/c1-17-3-5-18(6-4-17)13-36-38(33,37-14-21(31)19-7-9-20(34-2)10-8-19)16-35-12-11-30-15-27-22-23(30)28-25(26)29-24(22)32/h3-10,15H,11-14,16H2,1-2H3,(H3,26,28,29,32). The van der Waals surface area contributed by atoms with E-state index in [-0.39, 0.29) is 37.0 Å². The lowest BCUT2D eigenvalue weighted by molar-refractivity contribution is 0.0855. The van der Waals surface area contributed by atoms with E-state index >= 15 is 0 Å². The number of carbonyl (C=O) groups excluding carboxylic acids is 1. The Morgan fingerprint density at radius 3 is 2.55 bits per heavy atom. The molecule has 0 aliphatic heterocycles. The van der Waals surface area contributed by atoms with Crippen molar-refractivity contribution in [3.05, 3.63) is 81.9 Å². The Kier molecular flexibility index (Phi) is 8.70. The summed E-state index contributed by atoms with van der Waals surface area (Å²) in [5, 5.41) is 0. The van der Waals surface area contributed by atoms with E-state index in [1.54, 1.807) is 28.8 Å². The molecule has 0 aliphatic rings. The molecule has 3 N–H and O–H groups in total. The van der Waals surface area contributed by atoms with Crippen molar-refractivity contribution < 1.29 is 27.9 Å². The molecule has 1 atom stereocenters. The van der Waals surface area contributed by atoms with E-state index in [1.807, 2.05) is 31.2 Å². The Bertz CT molecular complexity index is 1500. The van der Waals surface area contributed by atoms with Crippen LogP contribution >= 0.6 is 7.60 Å². The molecule has 0 saturated heterocycles. The average Bonchev–Trinajstić information content (AvgIpc) is 3.32. The second-order valence-corrected chi connectivity index (χ2v) is 10.4. The van der Waals surface area contributed by atoms with Crippen LogP contribution in [0.2, 0.25) is 0 Å². The SMILES string of the molecule is COc1ccc(C(=O)COP(=O)(COCCn2cnc3c(=O)[nH]c(N)nc32)OCc2ccc(C)cc2)cc1. The lowest BCUT2D eigenvalue weighted by Crippen LogP contribution is -2.14. The maximum atomic E-state index is 13.5. The van der Waals surface area contributed by atoms with Gasteiger partial charge < -0.3 is 24.3 Å². The van der Waals surface area contributed by atoms with Crippen molar-refractivity contribution in [3.63, 3.8) is 0 Å². The zero-order valence-electron chi connectivity index (χ0n) is 21.0. The number of H-pyrrole nitrogens is 1. The number of ketones is 1. The molecule has 4 rings (SSSR count). The Morgan fingerprint density at radius 1 is 1.11 bits per heavy atom. The fourth-order valence-corrected chi connectivity index (χ4v) is 4.70. The Hall–Kier alpha value is -3.83. The summed E-state index contributed by atoms with van der Waals surface area (Å²) in [4.78, 5) is 35.1. The van der Waals surface area contributed by atoms with Crippen LogP contribution < -0.4 is 16.0 Å². The van der Waals surface area contributed by atoms with Crippen molar-refractivity contribution in [1.29, 1.82) is 0 Å². The summed E-state index contributed by atoms with van der Waals surface area (Å²) >= 11 is 0. The van der Waals surface area contributed by atoms with E-state index < -0.39 is 26.1 Å². The number of hydrogen-bond acceptors (Lipinski definition) is 10. The van der Waals surface area contributed by atoms with Crippen LogP contribution in [-0.2, 0) is 31.5 Å². The highest BCUT2D eigenvalue weighted by Crippen LogP contribution is 2.49. The van der Waals surface area contributed by atoms with Crippen LogP contribution in [0.5, 0.6) is 5.75 Å². The lowest BCUT2D eigenvalue weighted by Gasteiger charge is -2.19. The van der Waals surface area contributed by atoms with Crippen molar-refractivity contribution >= 4 is 30.5 Å². The Labute approximate surface area is 218 Å². The highest BCUT2D eigenvalue weighted by atomic mass is 31.2. The van der Waals surface area contributed by atoms with E-state index in [4.69, 9.17) is 24.3 Å². The third kappa shape index (κ3) is 6.93. The summed E-state index contributed by atoms with van der Waals surface area (Å²) in [7, 11) is -2.31. The molecular weight excluding hydrogens is 513 g/mol. The highest BCUT2D eigenvalue weighted by Gasteiger charge is 2.27. The maximum absolute atomic E-state index is 13.5. The molecule has 38 heavy (non-hydrogen) atoms. The fourth-order valence-electron chi connectivity index (χ4n) is 3.46. The number of nitrogens with zero attached hydrogens (tertiary/aromatic N) is 3. The first-order valence-corrected chi connectivity index (χ1v) is 13.4. The van der Waals surface area contributed by atoms with Crippen LogP contribution in [0.15, 0.2) is 59.7 Å². The number of nitrogens with two attached hydrogens (primary N) is 1. The molecule has 0 saturated carbocycles. The lowest BCUT2D eigenvalue weighted by atomic mass is 10.1. The van der Waals surface area contributed by atoms with Crippen LogP contribution in [0.1, 0.15) is 21.5 Å². The van der Waals surface area contributed by atoms with E-state index in [0.717, 1.165) is 11.1 Å². The molecule has 2 aromatic heterocycles. The highest BCUT2D eigenvalue weighted by molar-refractivity contribution is 7.53. The minimum atomic E-state index is -3.84. The van der Waals surface area contributed by atoms with Crippen molar-refractivity contribution in [2.24, 2.45) is 0 Å². The molecule has 0 spiro atoms. The summed E-state index contributed by atoms with van der Waals surface area (Å²) in [6, 6.07) is 14.0. The van der Waals surface area contributed by atoms with Gasteiger partial charge in [0, 0.05) is 12.1 Å². The number of methoxy groups -OCH3 is 1. The predicted octanol–water partition coefficient (Wildman–Crippen LogP) is 3.30. The minimum absolute atomic E-state index is 0.00970. The van der Waals surface area contributed by atoms with Gasteiger partial charge in [0.05, 0.1) is 26.7 Å². The molecule has 0 fully saturated rings. The summed E-state index contributed by atoms with van der Waals surface area (Å²) in [5.41, 5.74) is 7.87. The van der Waals surface area contributed by atoms with E-state index in [0.29, 0.717) is 17.0 Å². The third-order valence-electron chi connectivity index (χ3n) is 5.57. The molecule has 1 unspecified atom stereocenters. The summed E-state index contributed by atoms with van der Waals surface area (Å²) in [5.74, 6) is 0.204. The number of ether oxygens (including phenoxy) is 2. The van der Waals surface area contributed by atoms with Crippen LogP contribution in [-0.4, -0.2) is 52.0 Å². The number of aromatic nitrogens is 4. The summed E-state index contributed by atoms with van der Waals surface area (Å²) < 4.78 is 37.0. The first-order chi connectivity index (χ1) is 18.3. The predicted molar refractivity (Wildman–Crippen MR) is 140 cm³/mol. The number of aryl methyl sites for hydroxylation is 1. The summed E-state index contributed by atoms with van der Waals surface area (Å²) in [6.45, 7) is 1.83. The van der Waals surface area contributed by atoms with Gasteiger partial charge in [0.1, 0.15) is 18.7 Å². The number of imidazole rings is 1. The molecule has 200 valence electrons. The van der Waals surface area contributed by atoms with Gasteiger partial charge in [-0.25, -0.2) is 4.98 Å². The van der Waals surface area contributed by atoms with Gasteiger partial charge >= 0.3 is 7.60 Å². The molecule has 2 heterocycles. The maximum Gasteiger partial charge on any atom is 0.356 e. The van der Waals surface area contributed by atoms with Crippen molar-refractivity contribution in [2.45, 2.75) is 20.1 Å². The third-order valence-corrected chi connectivity index (χ3v) is 7.12. The number of anilines is 1. The van der Waals surface area contributed by atoms with E-state index in [2.05, 4.69) is 15.0 Å². The smallest absolute Gasteiger partial charge is 0.356 e. The Balaban J connectivity index is 1.39. The van der Waals surface area contributed by atoms with Crippen molar-refractivity contribution in [3.8, 4) is 5.75 Å². The quantitative estimate of drug-likeness (QED) is 0.146. The fraction of sp³-hybridized carbons (Fsp3) is 0.280. The monoisotopic (exact) mass is 541 g/mol. The largest absolute Gasteiger partial charge is 0.497 e. The number of rotatable bonds is 13. The van der Waals surface area contributed by atoms with Gasteiger partial charge in [-0.05, 0) is 36.8 Å². The first-order valence-electron chi connectivity index (χ1n) is 11.7. The number of hydrogen-bond donors (Lipinski definition) is 2. The van der Waals surface area contributed by atoms with Gasteiger partial charge in [0.2, 0.25) is 5.95 Å². The van der Waals surface area contributed by atoms with Crippen LogP contribution in [0, 0.1) is 6.92 Å². The number of carbonyl (C=O) groups is 1. The molecule has 0 radical (unpaired) electrons.